The van der Waals surface area contributed by atoms with Crippen LogP contribution in [0.2, 0.25) is 10.0 Å². The molecule has 4 rings (SSSR count). The predicted molar refractivity (Wildman–Crippen MR) is 95.0 cm³/mol. The molecule has 0 aliphatic heterocycles. The van der Waals surface area contributed by atoms with Crippen LogP contribution in [0.5, 0.6) is 0 Å². The molecular weight excluding hydrogens is 382 g/mol. The molecule has 132 valence electrons. The summed E-state index contributed by atoms with van der Waals surface area (Å²) in [5, 5.41) is 11.4. The number of aromatic nitrogens is 1. The number of non-ortho nitro benzene ring substituents is 1. The molecule has 1 heterocycles. The Hall–Kier alpha value is -2.44. The summed E-state index contributed by atoms with van der Waals surface area (Å²) in [6, 6.07) is 8.46. The van der Waals surface area contributed by atoms with Crippen LogP contribution >= 0.6 is 23.2 Å². The van der Waals surface area contributed by atoms with Crippen LogP contribution in [0.4, 0.5) is 10.1 Å². The van der Waals surface area contributed by atoms with Gasteiger partial charge in [-0.1, -0.05) is 23.2 Å². The topological polar surface area (TPSA) is 69.2 Å². The Morgan fingerprint density at radius 2 is 1.77 bits per heavy atom. The number of nitro groups is 1. The van der Waals surface area contributed by atoms with E-state index < -0.39 is 10.3 Å². The molecule has 0 N–H and O–H groups in total. The zero-order valence-corrected chi connectivity index (χ0v) is 14.7. The molecule has 26 heavy (non-hydrogen) atoms. The van der Waals surface area contributed by atoms with Crippen molar-refractivity contribution in [3.63, 3.8) is 0 Å². The summed E-state index contributed by atoms with van der Waals surface area (Å²) in [6.07, 6.45) is 3.00. The molecule has 2 aromatic carbocycles. The first-order chi connectivity index (χ1) is 12.4. The second-order valence-electron chi connectivity index (χ2n) is 6.16. The van der Waals surface area contributed by atoms with E-state index in [1.54, 1.807) is 18.3 Å². The number of nitrogens with zero attached hydrogens (tertiary/aromatic N) is 2. The molecule has 1 aliphatic carbocycles. The van der Waals surface area contributed by atoms with E-state index in [1.807, 2.05) is 0 Å². The highest BCUT2D eigenvalue weighted by atomic mass is 35.5. The number of benzene rings is 2. The molecular formula is C18H11Cl2FN2O3. The van der Waals surface area contributed by atoms with Crippen molar-refractivity contribution in [1.82, 2.24) is 4.98 Å². The van der Waals surface area contributed by atoms with Crippen molar-refractivity contribution >= 4 is 28.9 Å². The average Bonchev–Trinajstić information content (AvgIpc) is 3.22. The lowest BCUT2D eigenvalue weighted by molar-refractivity contribution is -0.384. The van der Waals surface area contributed by atoms with E-state index in [0.29, 0.717) is 35.6 Å². The lowest BCUT2D eigenvalue weighted by atomic mass is 9.95. The zero-order valence-electron chi connectivity index (χ0n) is 13.2. The van der Waals surface area contributed by atoms with Crippen LogP contribution in [-0.2, 0) is 5.41 Å². The van der Waals surface area contributed by atoms with E-state index in [1.165, 1.54) is 24.3 Å². The van der Waals surface area contributed by atoms with Gasteiger partial charge in [-0.2, -0.15) is 0 Å². The predicted octanol–water partition coefficient (Wildman–Crippen LogP) is 5.78. The number of oxazole rings is 1. The van der Waals surface area contributed by atoms with Gasteiger partial charge in [0, 0.05) is 23.3 Å². The Labute approximate surface area is 157 Å². The maximum absolute atomic E-state index is 13.1. The van der Waals surface area contributed by atoms with Crippen LogP contribution < -0.4 is 0 Å². The average molecular weight is 393 g/mol. The van der Waals surface area contributed by atoms with Crippen LogP contribution in [0, 0.1) is 15.9 Å². The summed E-state index contributed by atoms with van der Waals surface area (Å²) in [6.45, 7) is 0. The Kier molecular flexibility index (Phi) is 3.97. The third-order valence-corrected chi connectivity index (χ3v) is 5.11. The van der Waals surface area contributed by atoms with Crippen molar-refractivity contribution in [2.24, 2.45) is 0 Å². The van der Waals surface area contributed by atoms with E-state index in [4.69, 9.17) is 27.6 Å². The molecule has 0 saturated heterocycles. The highest BCUT2D eigenvalue weighted by Crippen LogP contribution is 2.57. The highest BCUT2D eigenvalue weighted by Gasteiger charge is 2.53. The van der Waals surface area contributed by atoms with Crippen LogP contribution in [0.3, 0.4) is 0 Å². The number of hydrogen-bond donors (Lipinski definition) is 0. The van der Waals surface area contributed by atoms with Gasteiger partial charge < -0.3 is 4.42 Å². The van der Waals surface area contributed by atoms with Crippen LogP contribution in [0.1, 0.15) is 24.3 Å². The fraction of sp³-hybridized carbons (Fsp3) is 0.167. The maximum atomic E-state index is 13.1. The largest absolute Gasteiger partial charge is 0.440 e. The summed E-state index contributed by atoms with van der Waals surface area (Å²) in [5.74, 6) is 0.603. The van der Waals surface area contributed by atoms with Crippen LogP contribution in [-0.4, -0.2) is 9.91 Å². The van der Waals surface area contributed by atoms with E-state index in [2.05, 4.69) is 4.98 Å². The summed E-state index contributed by atoms with van der Waals surface area (Å²) in [4.78, 5) is 14.8. The number of halogens is 3. The molecule has 0 spiro atoms. The van der Waals surface area contributed by atoms with Crippen molar-refractivity contribution in [2.75, 3.05) is 0 Å². The molecule has 0 unspecified atom stereocenters. The molecule has 0 amide bonds. The molecule has 8 heteroatoms. The summed E-state index contributed by atoms with van der Waals surface area (Å²) in [7, 11) is 0. The van der Waals surface area contributed by atoms with Crippen molar-refractivity contribution in [3.05, 3.63) is 80.0 Å². The summed E-state index contributed by atoms with van der Waals surface area (Å²) >= 11 is 12.6. The lowest BCUT2D eigenvalue weighted by Crippen LogP contribution is -2.11. The van der Waals surface area contributed by atoms with Gasteiger partial charge in [-0.05, 0) is 37.1 Å². The van der Waals surface area contributed by atoms with Gasteiger partial charge in [0.05, 0.1) is 26.6 Å². The zero-order chi connectivity index (χ0) is 18.5. The summed E-state index contributed by atoms with van der Waals surface area (Å²) < 4.78 is 19.0. The van der Waals surface area contributed by atoms with E-state index >= 15 is 0 Å². The second kappa shape index (κ2) is 6.07. The SMILES string of the molecule is O=[N+]([O-])c1cc(Cl)c(C2(c3ncc(-c4ccc(F)cc4)o3)CC2)c(Cl)c1. The third kappa shape index (κ3) is 2.75. The molecule has 0 atom stereocenters. The third-order valence-electron chi connectivity index (χ3n) is 4.51. The van der Waals surface area contributed by atoms with Crippen LogP contribution in [0.15, 0.2) is 47.0 Å². The molecule has 0 bridgehead atoms. The van der Waals surface area contributed by atoms with Crippen molar-refractivity contribution in [1.29, 1.82) is 0 Å². The fourth-order valence-corrected chi connectivity index (χ4v) is 3.90. The molecule has 1 saturated carbocycles. The lowest BCUT2D eigenvalue weighted by Gasteiger charge is -2.15. The molecule has 1 aliphatic rings. The smallest absolute Gasteiger partial charge is 0.272 e. The summed E-state index contributed by atoms with van der Waals surface area (Å²) in [5.41, 5.74) is 0.515. The monoisotopic (exact) mass is 392 g/mol. The Bertz CT molecular complexity index is 991. The van der Waals surface area contributed by atoms with Gasteiger partial charge in [-0.15, -0.1) is 0 Å². The Morgan fingerprint density at radius 3 is 2.31 bits per heavy atom. The quantitative estimate of drug-likeness (QED) is 0.417. The second-order valence-corrected chi connectivity index (χ2v) is 6.97. The number of rotatable bonds is 4. The number of hydrogen-bond acceptors (Lipinski definition) is 4. The van der Waals surface area contributed by atoms with Crippen LogP contribution in [0.25, 0.3) is 11.3 Å². The number of nitro benzene ring substituents is 1. The first-order valence-electron chi connectivity index (χ1n) is 7.77. The Morgan fingerprint density at radius 1 is 1.15 bits per heavy atom. The Balaban J connectivity index is 1.75. The highest BCUT2D eigenvalue weighted by molar-refractivity contribution is 6.36. The molecule has 1 fully saturated rings. The minimum Gasteiger partial charge on any atom is -0.440 e. The van der Waals surface area contributed by atoms with E-state index in [9.17, 15) is 14.5 Å². The van der Waals surface area contributed by atoms with Gasteiger partial charge in [0.1, 0.15) is 5.82 Å². The molecule has 0 radical (unpaired) electrons. The van der Waals surface area contributed by atoms with Gasteiger partial charge in [-0.3, -0.25) is 10.1 Å². The molecule has 3 aromatic rings. The minimum atomic E-state index is -0.596. The van der Waals surface area contributed by atoms with E-state index in [-0.39, 0.29) is 21.5 Å². The van der Waals surface area contributed by atoms with Gasteiger partial charge in [0.15, 0.2) is 5.76 Å². The molecule has 5 nitrogen and oxygen atoms in total. The van der Waals surface area contributed by atoms with E-state index in [0.717, 1.165) is 0 Å². The van der Waals surface area contributed by atoms with Gasteiger partial charge in [0.25, 0.3) is 5.69 Å². The molecule has 1 aromatic heterocycles. The fourth-order valence-electron chi connectivity index (χ4n) is 3.06. The van der Waals surface area contributed by atoms with Gasteiger partial charge >= 0.3 is 0 Å². The minimum absolute atomic E-state index is 0.168. The standard InChI is InChI=1S/C18H11Cl2FN2O3/c19-13-7-12(23(24)25)8-14(20)16(13)18(5-6-18)17-22-9-15(26-17)10-1-3-11(21)4-2-10/h1-4,7-9H,5-6H2. The van der Waals surface area contributed by atoms with Gasteiger partial charge in [-0.25, -0.2) is 9.37 Å². The van der Waals surface area contributed by atoms with Gasteiger partial charge in [0.2, 0.25) is 5.89 Å². The first kappa shape index (κ1) is 17.0. The van der Waals surface area contributed by atoms with Crippen molar-refractivity contribution in [2.45, 2.75) is 18.3 Å². The first-order valence-corrected chi connectivity index (χ1v) is 8.52. The normalized spacial score (nSPS) is 15.0. The van der Waals surface area contributed by atoms with Crippen molar-refractivity contribution in [3.8, 4) is 11.3 Å². The maximum Gasteiger partial charge on any atom is 0.272 e. The van der Waals surface area contributed by atoms with Crippen molar-refractivity contribution < 1.29 is 13.7 Å².